The van der Waals surface area contributed by atoms with Gasteiger partial charge in [0.1, 0.15) is 11.8 Å². The monoisotopic (exact) mass is 412 g/mol. The van der Waals surface area contributed by atoms with Gasteiger partial charge in [0.25, 0.3) is 5.91 Å². The molecule has 3 rings (SSSR count). The van der Waals surface area contributed by atoms with Gasteiger partial charge in [0.05, 0.1) is 34.6 Å². The van der Waals surface area contributed by atoms with Gasteiger partial charge in [-0.2, -0.15) is 15.5 Å². The van der Waals surface area contributed by atoms with Crippen LogP contribution in [0, 0.1) is 18.3 Å². The molecule has 0 bridgehead atoms. The molecular formula is C20H21ClN6O2. The highest BCUT2D eigenvalue weighted by Gasteiger charge is 2.16. The van der Waals surface area contributed by atoms with Crippen LogP contribution in [0.25, 0.3) is 11.3 Å². The van der Waals surface area contributed by atoms with Crippen molar-refractivity contribution >= 4 is 17.5 Å². The summed E-state index contributed by atoms with van der Waals surface area (Å²) in [5, 5.41) is 33.0. The lowest BCUT2D eigenvalue weighted by Crippen LogP contribution is -2.36. The lowest BCUT2D eigenvalue weighted by atomic mass is 10.0. The zero-order valence-electron chi connectivity index (χ0n) is 16.3. The molecule has 0 saturated heterocycles. The summed E-state index contributed by atoms with van der Waals surface area (Å²) >= 11 is 6.25. The summed E-state index contributed by atoms with van der Waals surface area (Å²) in [5.74, 6) is -0.331. The van der Waals surface area contributed by atoms with Gasteiger partial charge in [-0.15, -0.1) is 0 Å². The zero-order valence-corrected chi connectivity index (χ0v) is 17.0. The second-order valence-corrected chi connectivity index (χ2v) is 7.27. The van der Waals surface area contributed by atoms with Gasteiger partial charge in [0, 0.05) is 17.8 Å². The number of nitriles is 1. The number of H-pyrrole nitrogens is 1. The van der Waals surface area contributed by atoms with E-state index in [1.54, 1.807) is 17.7 Å². The number of hydrogen-bond acceptors (Lipinski definition) is 5. The van der Waals surface area contributed by atoms with Gasteiger partial charge in [-0.05, 0) is 44.5 Å². The Morgan fingerprint density at radius 3 is 2.83 bits per heavy atom. The lowest BCUT2D eigenvalue weighted by Gasteiger charge is -2.13. The predicted molar refractivity (Wildman–Crippen MR) is 108 cm³/mol. The number of rotatable bonds is 6. The van der Waals surface area contributed by atoms with E-state index in [1.807, 2.05) is 32.2 Å². The van der Waals surface area contributed by atoms with E-state index in [9.17, 15) is 9.90 Å². The highest BCUT2D eigenvalue weighted by Crippen LogP contribution is 2.29. The number of nitrogens with zero attached hydrogens (tertiary/aromatic N) is 4. The van der Waals surface area contributed by atoms with Crippen LogP contribution in [0.4, 0.5) is 0 Å². The van der Waals surface area contributed by atoms with Crippen LogP contribution in [-0.4, -0.2) is 37.0 Å². The van der Waals surface area contributed by atoms with E-state index in [1.165, 1.54) is 6.07 Å². The number of aromatic amines is 1. The van der Waals surface area contributed by atoms with E-state index in [-0.39, 0.29) is 17.6 Å². The number of nitrogens with one attached hydrogen (secondary N) is 2. The minimum Gasteiger partial charge on any atom is -0.387 e. The fourth-order valence-electron chi connectivity index (χ4n) is 2.95. The molecule has 1 unspecified atom stereocenters. The smallest absolute Gasteiger partial charge is 0.272 e. The molecule has 0 aliphatic rings. The number of carbonyl (C=O) groups is 1. The minimum atomic E-state index is -0.719. The van der Waals surface area contributed by atoms with Crippen molar-refractivity contribution in [1.29, 1.82) is 5.26 Å². The van der Waals surface area contributed by atoms with Crippen LogP contribution in [0.3, 0.4) is 0 Å². The second-order valence-electron chi connectivity index (χ2n) is 6.89. The van der Waals surface area contributed by atoms with E-state index in [4.69, 9.17) is 16.9 Å². The number of amides is 1. The maximum atomic E-state index is 12.3. The Balaban J connectivity index is 1.67. The largest absolute Gasteiger partial charge is 0.387 e. The molecular weight excluding hydrogens is 392 g/mol. The van der Waals surface area contributed by atoms with Crippen LogP contribution in [0.2, 0.25) is 5.02 Å². The van der Waals surface area contributed by atoms with Crippen LogP contribution >= 0.6 is 11.6 Å². The number of halogens is 1. The van der Waals surface area contributed by atoms with E-state index in [0.717, 1.165) is 16.8 Å². The Hall–Kier alpha value is -3.15. The molecule has 3 aromatic rings. The summed E-state index contributed by atoms with van der Waals surface area (Å²) in [4.78, 5) is 12.3. The normalized spacial score (nSPS) is 13.0. The molecule has 0 aliphatic heterocycles. The molecule has 0 saturated carbocycles. The highest BCUT2D eigenvalue weighted by molar-refractivity contribution is 6.32. The number of hydrogen-bond donors (Lipinski definition) is 3. The first kappa shape index (κ1) is 20.6. The van der Waals surface area contributed by atoms with Gasteiger partial charge >= 0.3 is 0 Å². The predicted octanol–water partition coefficient (Wildman–Crippen LogP) is 2.98. The second kappa shape index (κ2) is 8.47. The van der Waals surface area contributed by atoms with Crippen molar-refractivity contribution in [3.63, 3.8) is 0 Å². The highest BCUT2D eigenvalue weighted by atomic mass is 35.5. The Labute approximate surface area is 173 Å². The van der Waals surface area contributed by atoms with E-state index in [2.05, 4.69) is 26.7 Å². The van der Waals surface area contributed by atoms with Crippen LogP contribution < -0.4 is 5.32 Å². The zero-order chi connectivity index (χ0) is 21.1. The summed E-state index contributed by atoms with van der Waals surface area (Å²) < 4.78 is 1.73. The molecule has 0 fully saturated rings. The molecule has 2 atom stereocenters. The van der Waals surface area contributed by atoms with Crippen molar-refractivity contribution in [2.45, 2.75) is 39.5 Å². The van der Waals surface area contributed by atoms with E-state index in [0.29, 0.717) is 22.8 Å². The molecule has 150 valence electrons. The Morgan fingerprint density at radius 2 is 2.17 bits per heavy atom. The number of aromatic nitrogens is 4. The molecule has 0 aliphatic carbocycles. The molecule has 8 nitrogen and oxygen atoms in total. The summed E-state index contributed by atoms with van der Waals surface area (Å²) in [6.07, 6.45) is 1.10. The van der Waals surface area contributed by atoms with Gasteiger partial charge in [0.15, 0.2) is 0 Å². The molecule has 1 aromatic carbocycles. The number of benzene rings is 1. The maximum absolute atomic E-state index is 12.3. The van der Waals surface area contributed by atoms with Gasteiger partial charge in [-0.1, -0.05) is 17.7 Å². The SMILES string of the molecule is Cc1c(-c2ccn(CC(C)NC(=O)c3cc([C@H](C)O)[nH]n3)n2)ccc(C#N)c1Cl. The van der Waals surface area contributed by atoms with Crippen molar-refractivity contribution < 1.29 is 9.90 Å². The van der Waals surface area contributed by atoms with Crippen LogP contribution in [-0.2, 0) is 6.54 Å². The molecule has 0 spiro atoms. The van der Waals surface area contributed by atoms with Crippen molar-refractivity contribution in [1.82, 2.24) is 25.3 Å². The van der Waals surface area contributed by atoms with Crippen LogP contribution in [0.5, 0.6) is 0 Å². The summed E-state index contributed by atoms with van der Waals surface area (Å²) in [6.45, 7) is 5.77. The molecule has 2 aromatic heterocycles. The van der Waals surface area contributed by atoms with E-state index < -0.39 is 6.10 Å². The lowest BCUT2D eigenvalue weighted by molar-refractivity contribution is 0.0931. The fourth-order valence-corrected chi connectivity index (χ4v) is 3.15. The van der Waals surface area contributed by atoms with Crippen LogP contribution in [0.1, 0.15) is 47.3 Å². The number of carbonyl (C=O) groups excluding carboxylic acids is 1. The number of aliphatic hydroxyl groups is 1. The van der Waals surface area contributed by atoms with Crippen molar-refractivity contribution in [3.8, 4) is 17.3 Å². The Kier molecular flexibility index (Phi) is 6.01. The van der Waals surface area contributed by atoms with Crippen LogP contribution in [0.15, 0.2) is 30.5 Å². The molecule has 9 heteroatoms. The Bertz CT molecular complexity index is 1080. The van der Waals surface area contributed by atoms with Crippen molar-refractivity contribution in [2.75, 3.05) is 0 Å². The third-order valence-electron chi connectivity index (χ3n) is 4.54. The molecule has 0 radical (unpaired) electrons. The third-order valence-corrected chi connectivity index (χ3v) is 5.03. The number of aliphatic hydroxyl groups excluding tert-OH is 1. The molecule has 1 amide bonds. The Morgan fingerprint density at radius 1 is 1.41 bits per heavy atom. The summed E-state index contributed by atoms with van der Waals surface area (Å²) in [6, 6.07) is 8.76. The maximum Gasteiger partial charge on any atom is 0.272 e. The molecule has 3 N–H and O–H groups in total. The van der Waals surface area contributed by atoms with Crippen molar-refractivity contribution in [3.05, 3.63) is 58.0 Å². The van der Waals surface area contributed by atoms with E-state index >= 15 is 0 Å². The minimum absolute atomic E-state index is 0.201. The van der Waals surface area contributed by atoms with Gasteiger partial charge in [-0.25, -0.2) is 0 Å². The van der Waals surface area contributed by atoms with Crippen molar-refractivity contribution in [2.24, 2.45) is 0 Å². The summed E-state index contributed by atoms with van der Waals surface area (Å²) in [5.41, 5.74) is 3.52. The van der Waals surface area contributed by atoms with Gasteiger partial charge in [-0.3, -0.25) is 14.6 Å². The van der Waals surface area contributed by atoms with Gasteiger partial charge < -0.3 is 10.4 Å². The van der Waals surface area contributed by atoms with Gasteiger partial charge in [0.2, 0.25) is 0 Å². The first-order valence-electron chi connectivity index (χ1n) is 9.07. The molecule has 2 heterocycles. The first-order chi connectivity index (χ1) is 13.8. The average Bonchev–Trinajstić information content (AvgIpc) is 3.33. The average molecular weight is 413 g/mol. The fraction of sp³-hybridized carbons (Fsp3) is 0.300. The topological polar surface area (TPSA) is 120 Å². The molecule has 29 heavy (non-hydrogen) atoms. The quantitative estimate of drug-likeness (QED) is 0.574. The standard InChI is InChI=1S/C20H21ClN6O2/c1-11(23-20(29)18-8-17(13(3)28)24-25-18)10-27-7-6-16(26-27)15-5-4-14(9-22)19(21)12(15)2/h4-8,11,13,28H,10H2,1-3H3,(H,23,29)(H,24,25)/t11?,13-/m0/s1. The summed E-state index contributed by atoms with van der Waals surface area (Å²) in [7, 11) is 0. The third kappa shape index (κ3) is 4.47. The first-order valence-corrected chi connectivity index (χ1v) is 9.45.